The Hall–Kier alpha value is -1.65. The molecule has 0 atom stereocenters. The highest BCUT2D eigenvalue weighted by molar-refractivity contribution is 7.18. The summed E-state index contributed by atoms with van der Waals surface area (Å²) in [6, 6.07) is 7.42. The third-order valence-electron chi connectivity index (χ3n) is 3.70. The van der Waals surface area contributed by atoms with Crippen LogP contribution in [0.1, 0.15) is 16.9 Å². The van der Waals surface area contributed by atoms with Gasteiger partial charge in [0, 0.05) is 10.4 Å². The largest absolute Gasteiger partial charge is 0.306 e. The third kappa shape index (κ3) is 1.72. The lowest BCUT2D eigenvalue weighted by atomic mass is 10.2. The monoisotopic (exact) mass is 302 g/mol. The zero-order valence-electron chi connectivity index (χ0n) is 10.6. The van der Waals surface area contributed by atoms with E-state index in [0.29, 0.717) is 10.8 Å². The number of thiophene rings is 1. The van der Waals surface area contributed by atoms with Crippen LogP contribution in [0.2, 0.25) is 5.02 Å². The zero-order valence-corrected chi connectivity index (χ0v) is 12.1. The van der Waals surface area contributed by atoms with E-state index in [2.05, 4.69) is 9.97 Å². The van der Waals surface area contributed by atoms with Crippen LogP contribution in [0.5, 0.6) is 0 Å². The van der Waals surface area contributed by atoms with Gasteiger partial charge in [0.2, 0.25) is 0 Å². The number of aryl methyl sites for hydroxylation is 2. The van der Waals surface area contributed by atoms with Crippen LogP contribution in [0.15, 0.2) is 29.1 Å². The Labute approximate surface area is 124 Å². The smallest absolute Gasteiger partial charge is 0.260 e. The summed E-state index contributed by atoms with van der Waals surface area (Å²) in [5, 5.41) is 1.37. The Morgan fingerprint density at radius 1 is 1.25 bits per heavy atom. The van der Waals surface area contributed by atoms with Gasteiger partial charge in [-0.2, -0.15) is 0 Å². The average molecular weight is 303 g/mol. The van der Waals surface area contributed by atoms with Gasteiger partial charge >= 0.3 is 0 Å². The first-order valence-corrected chi connectivity index (χ1v) is 7.73. The van der Waals surface area contributed by atoms with E-state index >= 15 is 0 Å². The molecular formula is C15H11ClN2OS. The molecule has 0 saturated heterocycles. The van der Waals surface area contributed by atoms with Gasteiger partial charge in [-0.15, -0.1) is 11.3 Å². The van der Waals surface area contributed by atoms with E-state index < -0.39 is 0 Å². The van der Waals surface area contributed by atoms with Gasteiger partial charge in [0.15, 0.2) is 0 Å². The summed E-state index contributed by atoms with van der Waals surface area (Å²) < 4.78 is 0. The topological polar surface area (TPSA) is 45.8 Å². The first-order chi connectivity index (χ1) is 9.74. The molecule has 0 spiro atoms. The molecule has 1 aliphatic carbocycles. The Bertz CT molecular complexity index is 881. The SMILES string of the molecule is O=c1[nH]c(-c2ccccc2Cl)nc2sc3c(c12)CCC3. The molecule has 0 unspecified atom stereocenters. The van der Waals surface area contributed by atoms with Crippen LogP contribution in [0, 0.1) is 0 Å². The second-order valence-electron chi connectivity index (χ2n) is 4.93. The molecule has 0 radical (unpaired) electrons. The minimum absolute atomic E-state index is 0.0516. The van der Waals surface area contributed by atoms with E-state index in [1.54, 1.807) is 17.4 Å². The van der Waals surface area contributed by atoms with E-state index in [1.165, 1.54) is 10.4 Å². The van der Waals surface area contributed by atoms with Crippen molar-refractivity contribution in [3.8, 4) is 11.4 Å². The molecule has 20 heavy (non-hydrogen) atoms. The minimum atomic E-state index is -0.0516. The Kier molecular flexibility index (Phi) is 2.69. The van der Waals surface area contributed by atoms with Crippen LogP contribution < -0.4 is 5.56 Å². The Morgan fingerprint density at radius 3 is 2.95 bits per heavy atom. The lowest BCUT2D eigenvalue weighted by Crippen LogP contribution is -2.09. The molecule has 1 aliphatic rings. The number of aromatic nitrogens is 2. The summed E-state index contributed by atoms with van der Waals surface area (Å²) in [5.74, 6) is 0.549. The minimum Gasteiger partial charge on any atom is -0.306 e. The predicted molar refractivity (Wildman–Crippen MR) is 82.7 cm³/mol. The van der Waals surface area contributed by atoms with Gasteiger partial charge in [-0.05, 0) is 37.0 Å². The molecule has 0 aliphatic heterocycles. The fourth-order valence-electron chi connectivity index (χ4n) is 2.78. The number of benzene rings is 1. The third-order valence-corrected chi connectivity index (χ3v) is 5.22. The molecule has 0 bridgehead atoms. The number of hydrogen-bond acceptors (Lipinski definition) is 3. The molecular weight excluding hydrogens is 292 g/mol. The van der Waals surface area contributed by atoms with Gasteiger partial charge in [0.1, 0.15) is 10.7 Å². The maximum Gasteiger partial charge on any atom is 0.260 e. The van der Waals surface area contributed by atoms with E-state index in [4.69, 9.17) is 11.6 Å². The van der Waals surface area contributed by atoms with E-state index in [1.807, 2.05) is 18.2 Å². The quantitative estimate of drug-likeness (QED) is 0.743. The molecule has 3 aromatic rings. The van der Waals surface area contributed by atoms with Gasteiger partial charge in [-0.25, -0.2) is 4.98 Å². The molecule has 5 heteroatoms. The van der Waals surface area contributed by atoms with Gasteiger partial charge in [-0.3, -0.25) is 4.79 Å². The highest BCUT2D eigenvalue weighted by atomic mass is 35.5. The van der Waals surface area contributed by atoms with Gasteiger partial charge in [0.25, 0.3) is 5.56 Å². The van der Waals surface area contributed by atoms with Crippen molar-refractivity contribution in [2.45, 2.75) is 19.3 Å². The fraction of sp³-hybridized carbons (Fsp3) is 0.200. The first-order valence-electron chi connectivity index (χ1n) is 6.53. The summed E-state index contributed by atoms with van der Waals surface area (Å²) >= 11 is 7.82. The molecule has 0 fully saturated rings. The number of halogens is 1. The lowest BCUT2D eigenvalue weighted by molar-refractivity contribution is 0.916. The van der Waals surface area contributed by atoms with E-state index in [9.17, 15) is 4.79 Å². The molecule has 0 saturated carbocycles. The van der Waals surface area contributed by atoms with Crippen molar-refractivity contribution in [1.29, 1.82) is 0 Å². The number of rotatable bonds is 1. The molecule has 1 aromatic carbocycles. The molecule has 2 heterocycles. The molecule has 4 rings (SSSR count). The Morgan fingerprint density at radius 2 is 2.10 bits per heavy atom. The van der Waals surface area contributed by atoms with Gasteiger partial charge in [-0.1, -0.05) is 23.7 Å². The second-order valence-corrected chi connectivity index (χ2v) is 6.42. The Balaban J connectivity index is 2.00. The molecule has 2 aromatic heterocycles. The number of aromatic amines is 1. The average Bonchev–Trinajstić information content (AvgIpc) is 2.98. The molecule has 0 amide bonds. The summed E-state index contributed by atoms with van der Waals surface area (Å²) in [6.07, 6.45) is 3.20. The van der Waals surface area contributed by atoms with Crippen LogP contribution in [-0.4, -0.2) is 9.97 Å². The summed E-state index contributed by atoms with van der Waals surface area (Å²) in [7, 11) is 0. The van der Waals surface area contributed by atoms with Crippen LogP contribution in [0.3, 0.4) is 0 Å². The van der Waals surface area contributed by atoms with Crippen molar-refractivity contribution in [3.63, 3.8) is 0 Å². The van der Waals surface area contributed by atoms with Crippen molar-refractivity contribution in [3.05, 3.63) is 50.1 Å². The number of H-pyrrole nitrogens is 1. The van der Waals surface area contributed by atoms with Crippen molar-refractivity contribution in [2.24, 2.45) is 0 Å². The van der Waals surface area contributed by atoms with E-state index in [-0.39, 0.29) is 5.56 Å². The lowest BCUT2D eigenvalue weighted by Gasteiger charge is -2.03. The van der Waals surface area contributed by atoms with E-state index in [0.717, 1.165) is 35.0 Å². The number of fused-ring (bicyclic) bond motifs is 3. The highest BCUT2D eigenvalue weighted by Gasteiger charge is 2.21. The molecule has 100 valence electrons. The highest BCUT2D eigenvalue weighted by Crippen LogP contribution is 2.35. The predicted octanol–water partition coefficient (Wildman–Crippen LogP) is 3.79. The number of nitrogens with one attached hydrogen (secondary N) is 1. The number of hydrogen-bond donors (Lipinski definition) is 1. The number of nitrogens with zero attached hydrogens (tertiary/aromatic N) is 1. The van der Waals surface area contributed by atoms with Gasteiger partial charge < -0.3 is 4.98 Å². The first kappa shape index (κ1) is 12.1. The maximum absolute atomic E-state index is 12.4. The van der Waals surface area contributed by atoms with Crippen molar-refractivity contribution >= 4 is 33.2 Å². The zero-order chi connectivity index (χ0) is 13.7. The van der Waals surface area contributed by atoms with Crippen LogP contribution in [-0.2, 0) is 12.8 Å². The normalized spacial score (nSPS) is 13.8. The molecule has 1 N–H and O–H groups in total. The van der Waals surface area contributed by atoms with Crippen LogP contribution in [0.4, 0.5) is 0 Å². The standard InChI is InChI=1S/C15H11ClN2OS/c16-10-6-2-1-4-8(10)13-17-14(19)12-9-5-3-7-11(9)20-15(12)18-13/h1-2,4,6H,3,5,7H2,(H,17,18,19). The molecule has 3 nitrogen and oxygen atoms in total. The second kappa shape index (κ2) is 4.43. The van der Waals surface area contributed by atoms with Crippen molar-refractivity contribution < 1.29 is 0 Å². The van der Waals surface area contributed by atoms with Gasteiger partial charge in [0.05, 0.1) is 10.4 Å². The van der Waals surface area contributed by atoms with Crippen LogP contribution in [0.25, 0.3) is 21.6 Å². The van der Waals surface area contributed by atoms with Crippen molar-refractivity contribution in [2.75, 3.05) is 0 Å². The summed E-state index contributed by atoms with van der Waals surface area (Å²) in [5.41, 5.74) is 1.91. The summed E-state index contributed by atoms with van der Waals surface area (Å²) in [6.45, 7) is 0. The summed E-state index contributed by atoms with van der Waals surface area (Å²) in [4.78, 5) is 22.0. The van der Waals surface area contributed by atoms with Crippen LogP contribution >= 0.6 is 22.9 Å². The van der Waals surface area contributed by atoms with Crippen molar-refractivity contribution in [1.82, 2.24) is 9.97 Å². The maximum atomic E-state index is 12.4. The fourth-order valence-corrected chi connectivity index (χ4v) is 4.27.